The number of benzene rings is 3. The Bertz CT molecular complexity index is 1600. The zero-order valence-electron chi connectivity index (χ0n) is 26.7. The summed E-state index contributed by atoms with van der Waals surface area (Å²) in [5.74, 6) is -4.44. The lowest BCUT2D eigenvalue weighted by Crippen LogP contribution is -2.55. The van der Waals surface area contributed by atoms with E-state index in [1.54, 1.807) is 44.2 Å². The third-order valence-corrected chi connectivity index (χ3v) is 7.79. The Morgan fingerprint density at radius 1 is 0.688 bits per heavy atom. The quantitative estimate of drug-likeness (QED) is 0.142. The molecule has 0 heterocycles. The second kappa shape index (κ2) is 16.7. The molecule has 1 aliphatic carbocycles. The highest BCUT2D eigenvalue weighted by Crippen LogP contribution is 2.44. The fraction of sp³-hybridized carbons (Fsp3) is 0.314. The van der Waals surface area contributed by atoms with Gasteiger partial charge in [-0.15, -0.1) is 0 Å². The normalized spacial score (nSPS) is 12.9. The van der Waals surface area contributed by atoms with E-state index in [9.17, 15) is 33.9 Å². The molecule has 48 heavy (non-hydrogen) atoms. The molecular formula is C35H39N5O8. The number of carboxylic acids is 1. The van der Waals surface area contributed by atoms with E-state index in [0.717, 1.165) is 27.8 Å². The monoisotopic (exact) mass is 657 g/mol. The minimum Gasteiger partial charge on any atom is -0.480 e. The van der Waals surface area contributed by atoms with Crippen molar-refractivity contribution in [3.05, 3.63) is 95.6 Å². The van der Waals surface area contributed by atoms with Crippen LogP contribution in [0.2, 0.25) is 0 Å². The number of alkyl carbamates (subject to hydrolysis) is 1. The van der Waals surface area contributed by atoms with Gasteiger partial charge in [-0.3, -0.25) is 19.2 Å². The van der Waals surface area contributed by atoms with Crippen LogP contribution in [-0.2, 0) is 35.1 Å². The van der Waals surface area contributed by atoms with Crippen molar-refractivity contribution in [2.75, 3.05) is 26.2 Å². The average molecular weight is 658 g/mol. The number of ether oxygens (including phenoxy) is 1. The molecule has 0 saturated heterocycles. The molecule has 4 rings (SSSR count). The number of carboxylic acid groups (broad SMARTS) is 1. The maximum Gasteiger partial charge on any atom is 0.407 e. The van der Waals surface area contributed by atoms with Gasteiger partial charge in [-0.1, -0.05) is 92.7 Å². The Balaban J connectivity index is 1.14. The largest absolute Gasteiger partial charge is 0.480 e. The summed E-state index contributed by atoms with van der Waals surface area (Å²) in [5.41, 5.74) is 5.00. The molecule has 0 fully saturated rings. The van der Waals surface area contributed by atoms with E-state index in [1.165, 1.54) is 0 Å². The van der Waals surface area contributed by atoms with E-state index in [1.807, 2.05) is 48.5 Å². The molecule has 13 heteroatoms. The molecule has 5 amide bonds. The summed E-state index contributed by atoms with van der Waals surface area (Å²) in [7, 11) is 0. The average Bonchev–Trinajstić information content (AvgIpc) is 3.40. The van der Waals surface area contributed by atoms with Crippen molar-refractivity contribution >= 4 is 35.7 Å². The second-order valence-corrected chi connectivity index (χ2v) is 11.6. The van der Waals surface area contributed by atoms with Crippen LogP contribution in [0.25, 0.3) is 11.1 Å². The molecule has 13 nitrogen and oxygen atoms in total. The number of carbonyl (C=O) groups excluding carboxylic acids is 5. The van der Waals surface area contributed by atoms with Gasteiger partial charge in [-0.2, -0.15) is 0 Å². The Kier molecular flexibility index (Phi) is 12.2. The fourth-order valence-electron chi connectivity index (χ4n) is 5.36. The van der Waals surface area contributed by atoms with E-state index >= 15 is 0 Å². The maximum atomic E-state index is 12.9. The Labute approximate surface area is 277 Å². The number of hydrogen-bond donors (Lipinski definition) is 6. The molecule has 1 aliphatic rings. The highest BCUT2D eigenvalue weighted by molar-refractivity contribution is 5.93. The first-order valence-corrected chi connectivity index (χ1v) is 15.5. The Hall–Kier alpha value is -5.72. The smallest absolute Gasteiger partial charge is 0.407 e. The molecule has 0 unspecified atom stereocenters. The lowest BCUT2D eigenvalue weighted by Gasteiger charge is -2.24. The number of carbonyl (C=O) groups is 6. The number of fused-ring (bicyclic) bond motifs is 3. The molecular weight excluding hydrogens is 618 g/mol. The van der Waals surface area contributed by atoms with Crippen molar-refractivity contribution in [2.24, 2.45) is 5.92 Å². The van der Waals surface area contributed by atoms with Crippen LogP contribution in [0, 0.1) is 5.92 Å². The van der Waals surface area contributed by atoms with Gasteiger partial charge in [0, 0.05) is 12.3 Å². The lowest BCUT2D eigenvalue weighted by atomic mass is 9.98. The van der Waals surface area contributed by atoms with Gasteiger partial charge in [0.15, 0.2) is 0 Å². The van der Waals surface area contributed by atoms with Crippen molar-refractivity contribution in [3.63, 3.8) is 0 Å². The van der Waals surface area contributed by atoms with Gasteiger partial charge in [0.05, 0.1) is 13.1 Å². The van der Waals surface area contributed by atoms with Crippen LogP contribution >= 0.6 is 0 Å². The lowest BCUT2D eigenvalue weighted by molar-refractivity contribution is -0.142. The van der Waals surface area contributed by atoms with E-state index in [4.69, 9.17) is 4.74 Å². The van der Waals surface area contributed by atoms with Gasteiger partial charge >= 0.3 is 12.1 Å². The van der Waals surface area contributed by atoms with Crippen molar-refractivity contribution in [1.82, 2.24) is 26.6 Å². The van der Waals surface area contributed by atoms with Crippen LogP contribution in [0.1, 0.15) is 36.5 Å². The summed E-state index contributed by atoms with van der Waals surface area (Å²) in [6.07, 6.45) is -0.726. The predicted octanol–water partition coefficient (Wildman–Crippen LogP) is 1.71. The molecule has 2 atom stereocenters. The van der Waals surface area contributed by atoms with Crippen molar-refractivity contribution in [3.8, 4) is 11.1 Å². The molecule has 0 bridgehead atoms. The summed E-state index contributed by atoms with van der Waals surface area (Å²) >= 11 is 0. The standard InChI is InChI=1S/C35H39N5O8/c1-21(2)32(33(44)39-28(34(45)46)16-22-10-4-3-5-11-22)40-31(43)19-37-29(41)17-36-30(42)18-38-35(47)48-20-27-25-14-8-6-12-23(25)24-13-7-9-15-26(24)27/h3-15,21,27-28,32H,16-20H2,1-2H3,(H,36,42)(H,37,41)(H,38,47)(H,39,44)(H,40,43)(H,45,46)/t28-,32-/m0/s1. The first-order valence-electron chi connectivity index (χ1n) is 15.5. The first-order chi connectivity index (χ1) is 23.0. The van der Waals surface area contributed by atoms with Crippen LogP contribution in [0.3, 0.4) is 0 Å². The summed E-state index contributed by atoms with van der Waals surface area (Å²) in [5, 5.41) is 21.6. The van der Waals surface area contributed by atoms with Gasteiger partial charge in [0.1, 0.15) is 25.2 Å². The summed E-state index contributed by atoms with van der Waals surface area (Å²) in [6, 6.07) is 22.3. The van der Waals surface area contributed by atoms with E-state index < -0.39 is 67.4 Å². The van der Waals surface area contributed by atoms with Crippen molar-refractivity contribution in [1.29, 1.82) is 0 Å². The van der Waals surface area contributed by atoms with Gasteiger partial charge < -0.3 is 36.4 Å². The Morgan fingerprint density at radius 3 is 1.77 bits per heavy atom. The molecule has 0 aliphatic heterocycles. The predicted molar refractivity (Wildman–Crippen MR) is 176 cm³/mol. The van der Waals surface area contributed by atoms with Crippen molar-refractivity contribution in [2.45, 2.75) is 38.3 Å². The third kappa shape index (κ3) is 9.64. The number of amides is 5. The summed E-state index contributed by atoms with van der Waals surface area (Å²) in [6.45, 7) is 2.06. The van der Waals surface area contributed by atoms with Gasteiger partial charge in [-0.25, -0.2) is 9.59 Å². The van der Waals surface area contributed by atoms with E-state index in [-0.39, 0.29) is 24.9 Å². The SMILES string of the molecule is CC(C)[C@H](NC(=O)CNC(=O)CNC(=O)CNC(=O)OCC1c2ccccc2-c2ccccc21)C(=O)N[C@@H](Cc1ccccc1)C(=O)O. The molecule has 6 N–H and O–H groups in total. The summed E-state index contributed by atoms with van der Waals surface area (Å²) < 4.78 is 5.39. The van der Waals surface area contributed by atoms with Crippen LogP contribution in [0.5, 0.6) is 0 Å². The number of aliphatic carboxylic acids is 1. The molecule has 0 aromatic heterocycles. The van der Waals surface area contributed by atoms with Gasteiger partial charge in [0.2, 0.25) is 23.6 Å². The topological polar surface area (TPSA) is 192 Å². The summed E-state index contributed by atoms with van der Waals surface area (Å²) in [4.78, 5) is 73.9. The minimum absolute atomic E-state index is 0.0592. The first kappa shape index (κ1) is 35.1. The Morgan fingerprint density at radius 2 is 1.21 bits per heavy atom. The second-order valence-electron chi connectivity index (χ2n) is 11.6. The number of nitrogens with one attached hydrogen (secondary N) is 5. The maximum absolute atomic E-state index is 12.9. The molecule has 0 spiro atoms. The molecule has 252 valence electrons. The zero-order chi connectivity index (χ0) is 34.6. The third-order valence-electron chi connectivity index (χ3n) is 7.79. The van der Waals surface area contributed by atoms with E-state index in [2.05, 4.69) is 26.6 Å². The number of hydrogen-bond acceptors (Lipinski definition) is 7. The fourth-order valence-corrected chi connectivity index (χ4v) is 5.36. The van der Waals surface area contributed by atoms with Gasteiger partial charge in [0.25, 0.3) is 0 Å². The molecule has 0 radical (unpaired) electrons. The minimum atomic E-state index is -1.22. The van der Waals surface area contributed by atoms with Crippen LogP contribution < -0.4 is 26.6 Å². The molecule has 3 aromatic carbocycles. The van der Waals surface area contributed by atoms with Gasteiger partial charge in [-0.05, 0) is 33.7 Å². The molecule has 0 saturated carbocycles. The van der Waals surface area contributed by atoms with Crippen LogP contribution in [-0.4, -0.2) is 79.1 Å². The van der Waals surface area contributed by atoms with Crippen LogP contribution in [0.4, 0.5) is 4.79 Å². The van der Waals surface area contributed by atoms with E-state index in [0.29, 0.717) is 0 Å². The highest BCUT2D eigenvalue weighted by Gasteiger charge is 2.30. The number of rotatable bonds is 15. The van der Waals surface area contributed by atoms with Crippen molar-refractivity contribution < 1.29 is 38.6 Å². The molecule has 3 aromatic rings. The highest BCUT2D eigenvalue weighted by atomic mass is 16.5. The van der Waals surface area contributed by atoms with Crippen LogP contribution in [0.15, 0.2) is 78.9 Å². The zero-order valence-corrected chi connectivity index (χ0v) is 26.7.